The summed E-state index contributed by atoms with van der Waals surface area (Å²) in [5, 5.41) is 0. The van der Waals surface area contributed by atoms with Gasteiger partial charge >= 0.3 is 0 Å². The molecular weight excluding hydrogens is 288 g/mol. The maximum Gasteiger partial charge on any atom is 0.225 e. The monoisotopic (exact) mass is 310 g/mol. The molecule has 0 aromatic carbocycles. The van der Waals surface area contributed by atoms with Crippen molar-refractivity contribution in [2.45, 2.75) is 43.9 Å². The van der Waals surface area contributed by atoms with E-state index < -0.39 is 14.6 Å². The molecule has 1 aliphatic heterocycles. The van der Waals surface area contributed by atoms with Gasteiger partial charge in [-0.25, -0.2) is 8.42 Å². The van der Waals surface area contributed by atoms with E-state index >= 15 is 0 Å². The largest absolute Gasteiger partial charge is 0.340 e. The predicted molar refractivity (Wildman–Crippen MR) is 77.0 cm³/mol. The molecule has 1 heterocycles. The highest BCUT2D eigenvalue weighted by Crippen LogP contribution is 2.29. The summed E-state index contributed by atoms with van der Waals surface area (Å²) in [6.07, 6.45) is 2.47. The second-order valence-corrected chi connectivity index (χ2v) is 8.85. The lowest BCUT2D eigenvalue weighted by Crippen LogP contribution is -2.55. The molecule has 2 aliphatic rings. The van der Waals surface area contributed by atoms with Crippen molar-refractivity contribution < 1.29 is 13.2 Å². The van der Waals surface area contributed by atoms with E-state index in [0.717, 1.165) is 19.3 Å². The third kappa shape index (κ3) is 3.23. The zero-order valence-electron chi connectivity index (χ0n) is 11.5. The lowest BCUT2D eigenvalue weighted by Gasteiger charge is -2.38. The first-order chi connectivity index (χ1) is 8.23. The number of rotatable bonds is 1. The van der Waals surface area contributed by atoms with Gasteiger partial charge in [0.25, 0.3) is 0 Å². The van der Waals surface area contributed by atoms with Crippen LogP contribution in [0.1, 0.15) is 33.1 Å². The van der Waals surface area contributed by atoms with Gasteiger partial charge in [-0.2, -0.15) is 0 Å². The molecule has 2 atom stereocenters. The Labute approximate surface area is 121 Å². The smallest absolute Gasteiger partial charge is 0.225 e. The molecule has 0 radical (unpaired) electrons. The third-order valence-corrected chi connectivity index (χ3v) is 6.71. The second-order valence-electron chi connectivity index (χ2n) is 6.11. The van der Waals surface area contributed by atoms with Gasteiger partial charge in [0.05, 0.1) is 10.5 Å². The maximum atomic E-state index is 12.3. The minimum atomic E-state index is -3.08. The van der Waals surface area contributed by atoms with Crippen molar-refractivity contribution >= 4 is 28.2 Å². The van der Waals surface area contributed by atoms with Gasteiger partial charge in [-0.1, -0.05) is 0 Å². The molecule has 2 unspecified atom stereocenters. The summed E-state index contributed by atoms with van der Waals surface area (Å²) in [5.74, 6) is 0.160. The van der Waals surface area contributed by atoms with Crippen LogP contribution in [0.5, 0.6) is 0 Å². The van der Waals surface area contributed by atoms with E-state index in [0.29, 0.717) is 13.1 Å². The van der Waals surface area contributed by atoms with E-state index in [1.54, 1.807) is 18.7 Å². The topological polar surface area (TPSA) is 80.5 Å². The molecule has 0 spiro atoms. The minimum absolute atomic E-state index is 0. The van der Waals surface area contributed by atoms with Crippen LogP contribution in [0.15, 0.2) is 0 Å². The number of halogens is 1. The Hall–Kier alpha value is -0.330. The van der Waals surface area contributed by atoms with E-state index in [2.05, 4.69) is 0 Å². The van der Waals surface area contributed by atoms with Crippen LogP contribution in [0.25, 0.3) is 0 Å². The Balaban J connectivity index is 0.00000180. The second kappa shape index (κ2) is 5.58. The summed E-state index contributed by atoms with van der Waals surface area (Å²) < 4.78 is 22.9. The number of hydrogen-bond donors (Lipinski definition) is 1. The fourth-order valence-corrected chi connectivity index (χ4v) is 4.20. The molecule has 5 nitrogen and oxygen atoms in total. The first-order valence-corrected chi connectivity index (χ1v) is 8.15. The van der Waals surface area contributed by atoms with Crippen LogP contribution in [0.4, 0.5) is 0 Å². The van der Waals surface area contributed by atoms with Gasteiger partial charge in [0.1, 0.15) is 0 Å². The van der Waals surface area contributed by atoms with Gasteiger partial charge in [0.2, 0.25) is 5.91 Å². The highest BCUT2D eigenvalue weighted by molar-refractivity contribution is 7.92. The molecule has 2 fully saturated rings. The van der Waals surface area contributed by atoms with E-state index in [1.807, 2.05) is 0 Å². The molecule has 1 amide bonds. The van der Waals surface area contributed by atoms with Crippen LogP contribution >= 0.6 is 12.4 Å². The van der Waals surface area contributed by atoms with Crippen LogP contribution in [-0.2, 0) is 14.6 Å². The first kappa shape index (κ1) is 16.7. The fourth-order valence-electron chi connectivity index (χ4n) is 2.83. The predicted octanol–water partition coefficient (Wildman–Crippen LogP) is 0.571. The average molecular weight is 311 g/mol. The fraction of sp³-hybridized carbons (Fsp3) is 0.917. The van der Waals surface area contributed by atoms with Gasteiger partial charge in [-0.05, 0) is 33.1 Å². The lowest BCUT2D eigenvalue weighted by molar-refractivity contribution is -0.135. The maximum absolute atomic E-state index is 12.3. The molecule has 0 aromatic rings. The molecule has 1 saturated carbocycles. The Morgan fingerprint density at radius 1 is 1.32 bits per heavy atom. The molecule has 2 rings (SSSR count). The summed E-state index contributed by atoms with van der Waals surface area (Å²) in [4.78, 5) is 14.0. The van der Waals surface area contributed by atoms with Crippen LogP contribution < -0.4 is 5.73 Å². The van der Waals surface area contributed by atoms with Gasteiger partial charge in [-0.15, -0.1) is 12.4 Å². The first-order valence-electron chi connectivity index (χ1n) is 6.49. The number of sulfone groups is 1. The molecule has 7 heteroatoms. The standard InChI is InChI=1S/C12H22N2O3S.ClH/c1-12(2)8-14(5-6-18(12,16)17)11(15)9-3-4-10(13)7-9;/h9-10H,3-8,13H2,1-2H3;1H. The number of carbonyl (C=O) groups is 1. The van der Waals surface area contributed by atoms with Crippen LogP contribution in [-0.4, -0.2) is 48.9 Å². The molecule has 0 aromatic heterocycles. The highest BCUT2D eigenvalue weighted by atomic mass is 35.5. The van der Waals surface area contributed by atoms with Crippen molar-refractivity contribution in [2.24, 2.45) is 11.7 Å². The zero-order valence-corrected chi connectivity index (χ0v) is 13.1. The Kier molecular flexibility index (Phi) is 4.91. The third-order valence-electron chi connectivity index (χ3n) is 4.18. The summed E-state index contributed by atoms with van der Waals surface area (Å²) >= 11 is 0. The molecular formula is C12H23ClN2O3S. The summed E-state index contributed by atoms with van der Waals surface area (Å²) in [5.41, 5.74) is 5.82. The van der Waals surface area contributed by atoms with Gasteiger partial charge < -0.3 is 10.6 Å². The summed E-state index contributed by atoms with van der Waals surface area (Å²) in [7, 11) is -3.08. The van der Waals surface area contributed by atoms with Gasteiger partial charge in [-0.3, -0.25) is 4.79 Å². The summed E-state index contributed by atoms with van der Waals surface area (Å²) in [6, 6.07) is 0.125. The van der Waals surface area contributed by atoms with E-state index in [1.165, 1.54) is 0 Å². The molecule has 1 aliphatic carbocycles. The van der Waals surface area contributed by atoms with Crippen molar-refractivity contribution in [1.82, 2.24) is 4.90 Å². The molecule has 1 saturated heterocycles. The number of carbonyl (C=O) groups excluding carboxylic acids is 1. The minimum Gasteiger partial charge on any atom is -0.340 e. The Morgan fingerprint density at radius 3 is 2.42 bits per heavy atom. The average Bonchev–Trinajstić information content (AvgIpc) is 2.68. The molecule has 112 valence electrons. The number of nitrogens with two attached hydrogens (primary N) is 1. The van der Waals surface area contributed by atoms with Crippen molar-refractivity contribution in [2.75, 3.05) is 18.8 Å². The number of nitrogens with zero attached hydrogens (tertiary/aromatic N) is 1. The van der Waals surface area contributed by atoms with Crippen LogP contribution in [0.3, 0.4) is 0 Å². The van der Waals surface area contributed by atoms with Crippen molar-refractivity contribution in [3.05, 3.63) is 0 Å². The molecule has 2 N–H and O–H groups in total. The molecule has 0 bridgehead atoms. The van der Waals surface area contributed by atoms with E-state index in [4.69, 9.17) is 5.73 Å². The Bertz CT molecular complexity index is 450. The van der Waals surface area contributed by atoms with E-state index in [-0.39, 0.29) is 36.0 Å². The summed E-state index contributed by atoms with van der Waals surface area (Å²) in [6.45, 7) is 4.03. The van der Waals surface area contributed by atoms with Crippen molar-refractivity contribution in [3.63, 3.8) is 0 Å². The number of amides is 1. The van der Waals surface area contributed by atoms with Gasteiger partial charge in [0.15, 0.2) is 9.84 Å². The SMILES string of the molecule is CC1(C)CN(C(=O)C2CCC(N)C2)CCS1(=O)=O.Cl. The van der Waals surface area contributed by atoms with Crippen LogP contribution in [0, 0.1) is 5.92 Å². The molecule has 19 heavy (non-hydrogen) atoms. The highest BCUT2D eigenvalue weighted by Gasteiger charge is 2.43. The van der Waals surface area contributed by atoms with Crippen LogP contribution in [0.2, 0.25) is 0 Å². The Morgan fingerprint density at radius 2 is 1.95 bits per heavy atom. The van der Waals surface area contributed by atoms with E-state index in [9.17, 15) is 13.2 Å². The van der Waals surface area contributed by atoms with Crippen molar-refractivity contribution in [1.29, 1.82) is 0 Å². The normalized spacial score (nSPS) is 32.7. The van der Waals surface area contributed by atoms with Crippen molar-refractivity contribution in [3.8, 4) is 0 Å². The van der Waals surface area contributed by atoms with Gasteiger partial charge in [0, 0.05) is 25.0 Å². The lowest BCUT2D eigenvalue weighted by atomic mass is 10.0. The quantitative estimate of drug-likeness (QED) is 0.768. The zero-order chi connectivity index (χ0) is 13.6. The number of hydrogen-bond acceptors (Lipinski definition) is 4.